The largest absolute Gasteiger partial charge is 0.493 e. The Bertz CT molecular complexity index is 1460. The summed E-state index contributed by atoms with van der Waals surface area (Å²) < 4.78 is 28.1. The molecule has 0 bridgehead atoms. The van der Waals surface area contributed by atoms with E-state index in [1.807, 2.05) is 12.1 Å². The molecule has 0 fully saturated rings. The van der Waals surface area contributed by atoms with Gasteiger partial charge in [-0.25, -0.2) is 19.7 Å². The van der Waals surface area contributed by atoms with Gasteiger partial charge in [-0.15, -0.1) is 0 Å². The number of amides is 2. The van der Waals surface area contributed by atoms with Crippen molar-refractivity contribution in [1.29, 1.82) is 0 Å². The second-order valence-corrected chi connectivity index (χ2v) is 8.46. The fourth-order valence-electron chi connectivity index (χ4n) is 3.81. The molecule has 39 heavy (non-hydrogen) atoms. The van der Waals surface area contributed by atoms with Crippen LogP contribution >= 0.6 is 12.8 Å². The highest BCUT2D eigenvalue weighted by Gasteiger charge is 2.17. The summed E-state index contributed by atoms with van der Waals surface area (Å²) in [6, 6.07) is 11.8. The van der Waals surface area contributed by atoms with E-state index in [0.29, 0.717) is 51.4 Å². The van der Waals surface area contributed by atoms with Gasteiger partial charge in [0.2, 0.25) is 5.75 Å². The molecule has 2 amide bonds. The van der Waals surface area contributed by atoms with Crippen LogP contribution in [0.1, 0.15) is 5.56 Å². The van der Waals surface area contributed by atoms with Crippen LogP contribution < -0.4 is 34.3 Å². The van der Waals surface area contributed by atoms with Crippen molar-refractivity contribution in [3.63, 3.8) is 0 Å². The van der Waals surface area contributed by atoms with Crippen molar-refractivity contribution in [3.05, 3.63) is 54.2 Å². The van der Waals surface area contributed by atoms with Crippen LogP contribution in [0.25, 0.3) is 11.2 Å². The number of benzene rings is 2. The Balaban J connectivity index is 1.51. The molecule has 4 aromatic rings. The number of thiol groups is 1. The average Bonchev–Trinajstić information content (AvgIpc) is 2.96. The molecular weight excluding hydrogens is 524 g/mol. The van der Waals surface area contributed by atoms with E-state index in [9.17, 15) is 4.79 Å². The van der Waals surface area contributed by atoms with E-state index in [4.69, 9.17) is 23.7 Å². The lowest BCUT2D eigenvalue weighted by molar-refractivity contribution is 0.237. The number of nitrogens with one attached hydrogen (secondary N) is 2. The van der Waals surface area contributed by atoms with Gasteiger partial charge in [0, 0.05) is 23.4 Å². The van der Waals surface area contributed by atoms with Crippen molar-refractivity contribution >= 4 is 47.3 Å². The lowest BCUT2D eigenvalue weighted by atomic mass is 10.2. The molecule has 204 valence electrons. The molecule has 0 atom stereocenters. The van der Waals surface area contributed by atoms with Crippen molar-refractivity contribution in [2.75, 3.05) is 46.2 Å². The second-order valence-electron chi connectivity index (χ2n) is 7.97. The van der Waals surface area contributed by atoms with Gasteiger partial charge in [-0.3, -0.25) is 9.62 Å². The summed E-state index contributed by atoms with van der Waals surface area (Å²) in [5, 5.41) is 5.89. The molecule has 0 aliphatic heterocycles. The summed E-state index contributed by atoms with van der Waals surface area (Å²) in [5.41, 5.74) is 2.24. The minimum Gasteiger partial charge on any atom is -0.493 e. The van der Waals surface area contributed by atoms with Gasteiger partial charge in [0.25, 0.3) is 0 Å². The first-order chi connectivity index (χ1) is 18.9. The molecule has 0 radical (unpaired) electrons. The van der Waals surface area contributed by atoms with Crippen molar-refractivity contribution in [3.8, 4) is 28.7 Å². The Morgan fingerprint density at radius 2 is 1.51 bits per heavy atom. The number of ether oxygens (including phenoxy) is 5. The monoisotopic (exact) mass is 552 g/mol. The normalized spacial score (nSPS) is 10.5. The number of pyridine rings is 1. The summed E-state index contributed by atoms with van der Waals surface area (Å²) in [4.78, 5) is 26.2. The van der Waals surface area contributed by atoms with Crippen molar-refractivity contribution in [2.24, 2.45) is 0 Å². The van der Waals surface area contributed by atoms with Gasteiger partial charge in [-0.05, 0) is 18.2 Å². The molecule has 0 aliphatic rings. The van der Waals surface area contributed by atoms with E-state index < -0.39 is 6.03 Å². The van der Waals surface area contributed by atoms with Crippen LogP contribution in [0.15, 0.2) is 48.7 Å². The molecule has 13 heteroatoms. The van der Waals surface area contributed by atoms with Gasteiger partial charge in [-0.1, -0.05) is 24.9 Å². The number of methoxy groups -OCH3 is 5. The Morgan fingerprint density at radius 1 is 0.846 bits per heavy atom. The van der Waals surface area contributed by atoms with Crippen molar-refractivity contribution in [2.45, 2.75) is 6.54 Å². The van der Waals surface area contributed by atoms with Crippen molar-refractivity contribution in [1.82, 2.24) is 19.3 Å². The highest BCUT2D eigenvalue weighted by Crippen LogP contribution is 2.40. The predicted molar refractivity (Wildman–Crippen MR) is 150 cm³/mol. The molecule has 4 rings (SSSR count). The van der Waals surface area contributed by atoms with E-state index >= 15 is 0 Å². The molecule has 2 aromatic heterocycles. The number of hydrogen-bond acceptors (Lipinski definition) is 11. The summed E-state index contributed by atoms with van der Waals surface area (Å²) in [6.45, 7) is 0.158. The maximum atomic E-state index is 12.8. The zero-order chi connectivity index (χ0) is 27.9. The third kappa shape index (κ3) is 6.09. The minimum atomic E-state index is -0.491. The number of urea groups is 1. The second kappa shape index (κ2) is 12.3. The molecule has 0 saturated carbocycles. The van der Waals surface area contributed by atoms with Crippen LogP contribution in [0.4, 0.5) is 22.1 Å². The van der Waals surface area contributed by atoms with Crippen LogP contribution in [0.2, 0.25) is 0 Å². The fraction of sp³-hybridized carbons (Fsp3) is 0.231. The SMILES string of the molecule is COc1cccc(CN(S)C(=O)Nc2ccc3ncc(Nc4cc(OC)c(OC)c(OC)c4)nc3n2)c1OC. The molecule has 2 N–H and O–H groups in total. The van der Waals surface area contributed by atoms with E-state index in [-0.39, 0.29) is 12.4 Å². The van der Waals surface area contributed by atoms with Gasteiger partial charge in [0.15, 0.2) is 34.5 Å². The van der Waals surface area contributed by atoms with E-state index in [1.54, 1.807) is 43.6 Å². The molecule has 0 unspecified atom stereocenters. The number of aromatic nitrogens is 3. The standard InChI is InChI=1S/C26H28N6O6S/c1-34-18-8-6-7-15(23(18)37-4)14-32(39)26(33)31-21-10-9-17-25(29-21)30-22(13-27-17)28-16-11-19(35-2)24(38-5)20(12-16)36-3/h6-13,39H,14H2,1-5H3,(H2,28,29,30,31,33). The Hall–Kier alpha value is -4.65. The minimum absolute atomic E-state index is 0.158. The lowest BCUT2D eigenvalue weighted by Gasteiger charge is -2.19. The number of rotatable bonds is 10. The Kier molecular flexibility index (Phi) is 8.61. The van der Waals surface area contributed by atoms with E-state index in [0.717, 1.165) is 5.56 Å². The smallest absolute Gasteiger partial charge is 0.333 e. The third-order valence-corrected chi connectivity index (χ3v) is 5.94. The molecular formula is C26H28N6O6S. The number of anilines is 3. The lowest BCUT2D eigenvalue weighted by Crippen LogP contribution is -2.27. The molecule has 2 heterocycles. The maximum absolute atomic E-state index is 12.8. The van der Waals surface area contributed by atoms with Crippen LogP contribution in [0, 0.1) is 0 Å². The first-order valence-corrected chi connectivity index (χ1v) is 12.0. The molecule has 0 saturated heterocycles. The topological polar surface area (TPSA) is 129 Å². The quantitative estimate of drug-likeness (QED) is 0.238. The van der Waals surface area contributed by atoms with Gasteiger partial charge >= 0.3 is 6.03 Å². The number of carbonyl (C=O) groups excluding carboxylic acids is 1. The first kappa shape index (κ1) is 27.4. The zero-order valence-corrected chi connectivity index (χ0v) is 22.9. The predicted octanol–water partition coefficient (Wildman–Crippen LogP) is 4.69. The number of para-hydroxylation sites is 1. The maximum Gasteiger partial charge on any atom is 0.333 e. The van der Waals surface area contributed by atoms with Crippen LogP contribution in [-0.2, 0) is 6.54 Å². The first-order valence-electron chi connectivity index (χ1n) is 11.6. The summed E-state index contributed by atoms with van der Waals surface area (Å²) in [7, 11) is 7.69. The van der Waals surface area contributed by atoms with Gasteiger partial charge in [0.05, 0.1) is 48.3 Å². The summed E-state index contributed by atoms with van der Waals surface area (Å²) in [6.07, 6.45) is 1.57. The van der Waals surface area contributed by atoms with Crippen LogP contribution in [-0.4, -0.2) is 60.8 Å². The highest BCUT2D eigenvalue weighted by molar-refractivity contribution is 7.78. The van der Waals surface area contributed by atoms with Crippen LogP contribution in [0.5, 0.6) is 28.7 Å². The fourth-order valence-corrected chi connectivity index (χ4v) is 4.02. The van der Waals surface area contributed by atoms with Crippen LogP contribution in [0.3, 0.4) is 0 Å². The van der Waals surface area contributed by atoms with Gasteiger partial charge in [0.1, 0.15) is 11.3 Å². The van der Waals surface area contributed by atoms with Gasteiger partial charge < -0.3 is 29.0 Å². The van der Waals surface area contributed by atoms with Gasteiger partial charge in [-0.2, -0.15) is 0 Å². The Labute approximate surface area is 230 Å². The summed E-state index contributed by atoms with van der Waals surface area (Å²) >= 11 is 4.34. The Morgan fingerprint density at radius 3 is 2.15 bits per heavy atom. The van der Waals surface area contributed by atoms with Crippen molar-refractivity contribution < 1.29 is 28.5 Å². The molecule has 12 nitrogen and oxygen atoms in total. The third-order valence-electron chi connectivity index (χ3n) is 5.62. The average molecular weight is 553 g/mol. The molecule has 2 aromatic carbocycles. The number of hydrogen-bond donors (Lipinski definition) is 3. The summed E-state index contributed by atoms with van der Waals surface area (Å²) in [5.74, 6) is 3.23. The number of fused-ring (bicyclic) bond motifs is 1. The highest BCUT2D eigenvalue weighted by atomic mass is 32.1. The van der Waals surface area contributed by atoms with E-state index in [1.165, 1.54) is 32.7 Å². The number of carbonyl (C=O) groups is 1. The number of nitrogens with zero attached hydrogens (tertiary/aromatic N) is 4. The molecule has 0 spiro atoms. The van der Waals surface area contributed by atoms with E-state index in [2.05, 4.69) is 38.4 Å². The zero-order valence-electron chi connectivity index (χ0n) is 22.0. The molecule has 0 aliphatic carbocycles.